The van der Waals surface area contributed by atoms with Gasteiger partial charge in [-0.15, -0.1) is 0 Å². The minimum Gasteiger partial charge on any atom is -0.462 e. The molecule has 290 valence electrons. The molecule has 0 aromatic carbocycles. The van der Waals surface area contributed by atoms with Crippen LogP contribution in [-0.4, -0.2) is 99.4 Å². The van der Waals surface area contributed by atoms with Crippen LogP contribution in [-0.2, 0) is 47.6 Å². The van der Waals surface area contributed by atoms with Gasteiger partial charge in [0.1, 0.15) is 30.5 Å². The zero-order chi connectivity index (χ0) is 38.0. The van der Waals surface area contributed by atoms with Crippen molar-refractivity contribution in [3.05, 3.63) is 0 Å². The number of aliphatic hydroxyl groups is 3. The molecule has 21 atom stereocenters. The zero-order valence-corrected chi connectivity index (χ0v) is 31.9. The number of ether oxygens (including phenoxy) is 6. The Morgan fingerprint density at radius 3 is 2.13 bits per heavy atom. The van der Waals surface area contributed by atoms with Crippen molar-refractivity contribution in [2.24, 2.45) is 69.5 Å². The number of hydrogen-bond acceptors (Lipinski definition) is 13. The fraction of sp³-hybridized carbons (Fsp3) is 0.897. The fourth-order valence-corrected chi connectivity index (χ4v) is 14.1. The zero-order valence-electron chi connectivity index (χ0n) is 31.9. The highest BCUT2D eigenvalue weighted by Crippen LogP contribution is 2.79. The van der Waals surface area contributed by atoms with Crippen LogP contribution >= 0.6 is 0 Å². The molecule has 3 N–H and O–H groups in total. The second-order valence-electron chi connectivity index (χ2n) is 19.0. The largest absolute Gasteiger partial charge is 0.462 e. The molecule has 3 aliphatic heterocycles. The van der Waals surface area contributed by atoms with E-state index in [1.54, 1.807) is 6.92 Å². The molecule has 0 amide bonds. The molecule has 0 radical (unpaired) electrons. The highest BCUT2D eigenvalue weighted by Gasteiger charge is 2.91. The molecule has 3 saturated heterocycles. The van der Waals surface area contributed by atoms with Crippen LogP contribution in [0.3, 0.4) is 0 Å². The summed E-state index contributed by atoms with van der Waals surface area (Å²) in [5.41, 5.74) is -5.44. The number of epoxide rings is 2. The van der Waals surface area contributed by atoms with Crippen molar-refractivity contribution in [3.63, 3.8) is 0 Å². The van der Waals surface area contributed by atoms with E-state index in [0.29, 0.717) is 6.42 Å². The number of carbonyl (C=O) groups is 4. The average molecular weight is 733 g/mol. The first kappa shape index (κ1) is 36.6. The minimum absolute atomic E-state index is 0.0242. The Hall–Kier alpha value is -2.32. The Morgan fingerprint density at radius 1 is 0.865 bits per heavy atom. The van der Waals surface area contributed by atoms with Crippen LogP contribution in [0.15, 0.2) is 0 Å². The van der Waals surface area contributed by atoms with Crippen LogP contribution < -0.4 is 0 Å². The van der Waals surface area contributed by atoms with Crippen molar-refractivity contribution in [2.45, 2.75) is 149 Å². The number of rotatable bonds is 5. The third-order valence-electron chi connectivity index (χ3n) is 16.2. The molecular weight excluding hydrogens is 676 g/mol. The maximum atomic E-state index is 13.7. The van der Waals surface area contributed by atoms with Gasteiger partial charge in [-0.3, -0.25) is 14.4 Å². The maximum absolute atomic E-state index is 13.7. The lowest BCUT2D eigenvalue weighted by molar-refractivity contribution is -0.329. The van der Waals surface area contributed by atoms with Crippen LogP contribution in [0.2, 0.25) is 0 Å². The summed E-state index contributed by atoms with van der Waals surface area (Å²) in [4.78, 5) is 53.6. The average Bonchev–Trinajstić information content (AvgIpc) is 3.94. The van der Waals surface area contributed by atoms with Gasteiger partial charge in [0.25, 0.3) is 0 Å². The fourth-order valence-electron chi connectivity index (χ4n) is 14.1. The number of hydrogen-bond donors (Lipinski definition) is 3. The molecule has 13 heteroatoms. The van der Waals surface area contributed by atoms with Gasteiger partial charge in [0, 0.05) is 48.9 Å². The molecule has 52 heavy (non-hydrogen) atoms. The predicted molar refractivity (Wildman–Crippen MR) is 178 cm³/mol. The van der Waals surface area contributed by atoms with Crippen molar-refractivity contribution >= 4 is 23.9 Å². The lowest BCUT2D eigenvalue weighted by Crippen LogP contribution is -2.78. The third-order valence-corrected chi connectivity index (χ3v) is 16.2. The summed E-state index contributed by atoms with van der Waals surface area (Å²) in [5, 5.41) is 37.0. The summed E-state index contributed by atoms with van der Waals surface area (Å²) in [5.74, 6) is -7.79. The third kappa shape index (κ3) is 4.29. The first-order valence-corrected chi connectivity index (χ1v) is 19.3. The molecule has 5 saturated carbocycles. The van der Waals surface area contributed by atoms with Gasteiger partial charge in [0.05, 0.1) is 23.7 Å². The Kier molecular flexibility index (Phi) is 7.85. The Morgan fingerprint density at radius 2 is 1.52 bits per heavy atom. The summed E-state index contributed by atoms with van der Waals surface area (Å²) in [7, 11) is 0. The minimum atomic E-state index is -1.97. The number of carbonyl (C=O) groups excluding carboxylic acids is 4. The van der Waals surface area contributed by atoms with Gasteiger partial charge in [-0.25, -0.2) is 4.79 Å². The van der Waals surface area contributed by atoms with Gasteiger partial charge in [0.2, 0.25) is 5.79 Å². The summed E-state index contributed by atoms with van der Waals surface area (Å²) >= 11 is 0. The first-order valence-electron chi connectivity index (χ1n) is 19.3. The van der Waals surface area contributed by atoms with E-state index in [4.69, 9.17) is 28.4 Å². The SMILES string of the molecule is CC(=O)O[C@H]1C2C([C@@H](OC(=O)CC(C)C)[C@@H](C)[C@H]3C[C@@H]4O[C@@H]4[C@H](O)[C@]23C)[C@@H]2[C@@H](O)CC3[C@H]([C@H](C)[C@H]4O[C@]45OC(=O)[C@@](C)(O)[C@]35C)[C@@]2(C)[C@H]1OC(C)=O. The van der Waals surface area contributed by atoms with E-state index >= 15 is 0 Å². The van der Waals surface area contributed by atoms with Gasteiger partial charge in [-0.2, -0.15) is 0 Å². The number of aliphatic hydroxyl groups excluding tert-OH is 2. The first-order chi connectivity index (χ1) is 24.1. The highest BCUT2D eigenvalue weighted by molar-refractivity contribution is 5.84. The van der Waals surface area contributed by atoms with Crippen LogP contribution in [0.4, 0.5) is 0 Å². The number of esters is 4. The highest BCUT2D eigenvalue weighted by atomic mass is 16.8. The molecule has 8 rings (SSSR count). The normalized spacial score (nSPS) is 57.7. The van der Waals surface area contributed by atoms with E-state index in [1.807, 2.05) is 41.5 Å². The van der Waals surface area contributed by atoms with Crippen LogP contribution in [0.1, 0.15) is 88.5 Å². The smallest absolute Gasteiger partial charge is 0.341 e. The Balaban J connectivity index is 1.36. The quantitative estimate of drug-likeness (QED) is 0.213. The molecule has 0 bridgehead atoms. The maximum Gasteiger partial charge on any atom is 0.341 e. The van der Waals surface area contributed by atoms with Crippen LogP contribution in [0.5, 0.6) is 0 Å². The monoisotopic (exact) mass is 732 g/mol. The Bertz CT molecular complexity index is 1580. The summed E-state index contributed by atoms with van der Waals surface area (Å²) < 4.78 is 37.5. The topological polar surface area (TPSA) is 191 Å². The van der Waals surface area contributed by atoms with Crippen molar-refractivity contribution in [1.29, 1.82) is 0 Å². The van der Waals surface area contributed by atoms with Crippen LogP contribution in [0.25, 0.3) is 0 Å². The van der Waals surface area contributed by atoms with Crippen LogP contribution in [0, 0.1) is 69.5 Å². The Labute approximate surface area is 304 Å². The molecule has 8 aliphatic rings. The number of fused-ring (bicyclic) bond motifs is 9. The predicted octanol–water partition coefficient (Wildman–Crippen LogP) is 2.54. The van der Waals surface area contributed by atoms with E-state index in [-0.39, 0.29) is 48.6 Å². The van der Waals surface area contributed by atoms with Gasteiger partial charge in [-0.05, 0) is 62.2 Å². The van der Waals surface area contributed by atoms with Gasteiger partial charge < -0.3 is 43.7 Å². The molecule has 0 aromatic heterocycles. The summed E-state index contributed by atoms with van der Waals surface area (Å²) in [6.45, 7) is 17.6. The van der Waals surface area contributed by atoms with Crippen molar-refractivity contribution < 1.29 is 62.9 Å². The lowest BCUT2D eigenvalue weighted by Gasteiger charge is -2.72. The summed E-state index contributed by atoms with van der Waals surface area (Å²) in [6, 6.07) is 0. The van der Waals surface area contributed by atoms with Gasteiger partial charge >= 0.3 is 23.9 Å². The molecule has 8 fully saturated rings. The standard InChI is InChI=1S/C39H56O13/c1-14(2)11-23(43)50-28-15(3)19-13-22-29(49-22)31(44)35(19,7)27-24(28)26-21(42)12-20-25(36(26,8)33(48-18(6)41)30(27)47-17(5)40)16(4)32-39(51-32)37(20,9)38(10,46)34(45)52-39/h14-16,19-22,24-33,42,44,46H,11-13H2,1-10H3/t15-,16-,19+,20?,21-,22-,24?,25-,26-,27?,28-,29-,30-,31-,32+,33-,35-,36+,37-,38+,39-/m0/s1. The van der Waals surface area contributed by atoms with E-state index in [1.165, 1.54) is 20.8 Å². The second kappa shape index (κ2) is 11.1. The van der Waals surface area contributed by atoms with E-state index < -0.39 is 118 Å². The van der Waals surface area contributed by atoms with Crippen molar-refractivity contribution in [3.8, 4) is 0 Å². The molecule has 3 heterocycles. The van der Waals surface area contributed by atoms with E-state index in [2.05, 4.69) is 0 Å². The molecule has 0 aromatic rings. The summed E-state index contributed by atoms with van der Waals surface area (Å²) in [6.07, 6.45) is -5.36. The molecule has 3 unspecified atom stereocenters. The van der Waals surface area contributed by atoms with Gasteiger partial charge in [0.15, 0.2) is 5.60 Å². The second-order valence-corrected chi connectivity index (χ2v) is 19.0. The lowest BCUT2D eigenvalue weighted by atomic mass is 9.33. The van der Waals surface area contributed by atoms with E-state index in [9.17, 15) is 34.5 Å². The molecule has 13 nitrogen and oxygen atoms in total. The molecule has 1 spiro atoms. The molecular formula is C39H56O13. The van der Waals surface area contributed by atoms with E-state index in [0.717, 1.165) is 0 Å². The van der Waals surface area contributed by atoms with Crippen molar-refractivity contribution in [2.75, 3.05) is 0 Å². The van der Waals surface area contributed by atoms with Gasteiger partial charge in [-0.1, -0.05) is 41.5 Å². The van der Waals surface area contributed by atoms with Crippen molar-refractivity contribution in [1.82, 2.24) is 0 Å². The molecule has 5 aliphatic carbocycles.